The monoisotopic (exact) mass is 325 g/mol. The van der Waals surface area contributed by atoms with Crippen molar-refractivity contribution in [2.24, 2.45) is 0 Å². The molecule has 0 unspecified atom stereocenters. The van der Waals surface area contributed by atoms with Crippen LogP contribution in [0.2, 0.25) is 5.02 Å². The van der Waals surface area contributed by atoms with Gasteiger partial charge in [0.1, 0.15) is 10.7 Å². The van der Waals surface area contributed by atoms with E-state index in [4.69, 9.17) is 11.6 Å². The summed E-state index contributed by atoms with van der Waals surface area (Å²) in [5, 5.41) is 1.20. The van der Waals surface area contributed by atoms with Crippen molar-refractivity contribution in [2.45, 2.75) is 38.1 Å². The van der Waals surface area contributed by atoms with Crippen molar-refractivity contribution >= 4 is 38.9 Å². The minimum atomic E-state index is -0.306. The number of benzene rings is 1. The second-order valence-electron chi connectivity index (χ2n) is 5.59. The largest absolute Gasteiger partial charge is 0.338 e. The van der Waals surface area contributed by atoms with Crippen molar-refractivity contribution in [1.82, 2.24) is 4.90 Å². The van der Waals surface area contributed by atoms with E-state index < -0.39 is 0 Å². The molecule has 0 saturated heterocycles. The smallest absolute Gasteiger partial charge is 0.265 e. The van der Waals surface area contributed by atoms with Crippen LogP contribution in [0.3, 0.4) is 0 Å². The molecule has 1 fully saturated rings. The fourth-order valence-corrected chi connectivity index (χ4v) is 4.49. The first-order valence-electron chi connectivity index (χ1n) is 7.22. The number of rotatable bonds is 2. The van der Waals surface area contributed by atoms with E-state index in [1.54, 1.807) is 6.07 Å². The number of carbonyl (C=O) groups is 1. The first-order chi connectivity index (χ1) is 10.1. The topological polar surface area (TPSA) is 20.3 Å². The van der Waals surface area contributed by atoms with Crippen LogP contribution in [0.15, 0.2) is 18.2 Å². The highest BCUT2D eigenvalue weighted by molar-refractivity contribution is 7.21. The molecular formula is C16H17ClFNOS. The molecule has 0 N–H and O–H groups in total. The van der Waals surface area contributed by atoms with Crippen LogP contribution < -0.4 is 0 Å². The molecule has 1 aromatic heterocycles. The van der Waals surface area contributed by atoms with Crippen molar-refractivity contribution in [3.63, 3.8) is 0 Å². The molecule has 2 nitrogen and oxygen atoms in total. The summed E-state index contributed by atoms with van der Waals surface area (Å²) in [6, 6.07) is 4.74. The Bertz CT molecular complexity index is 678. The number of hydrogen-bond acceptors (Lipinski definition) is 2. The van der Waals surface area contributed by atoms with E-state index in [1.165, 1.54) is 42.7 Å². The second kappa shape index (κ2) is 5.93. The summed E-state index contributed by atoms with van der Waals surface area (Å²) < 4.78 is 14.0. The third-order valence-electron chi connectivity index (χ3n) is 4.23. The molecule has 1 heterocycles. The Hall–Kier alpha value is -1.13. The van der Waals surface area contributed by atoms with Gasteiger partial charge in [-0.1, -0.05) is 30.9 Å². The number of thiophene rings is 1. The van der Waals surface area contributed by atoms with Gasteiger partial charge in [0.2, 0.25) is 0 Å². The van der Waals surface area contributed by atoms with Crippen LogP contribution in [0.1, 0.15) is 41.8 Å². The number of amides is 1. The lowest BCUT2D eigenvalue weighted by Gasteiger charge is -2.31. The minimum absolute atomic E-state index is 0.0477. The van der Waals surface area contributed by atoms with Crippen molar-refractivity contribution in [2.75, 3.05) is 7.05 Å². The van der Waals surface area contributed by atoms with Gasteiger partial charge < -0.3 is 4.90 Å². The lowest BCUT2D eigenvalue weighted by Crippen LogP contribution is -2.38. The fourth-order valence-electron chi connectivity index (χ4n) is 2.97. The van der Waals surface area contributed by atoms with Crippen LogP contribution in [0.5, 0.6) is 0 Å². The standard InChI is InChI=1S/C16H17ClFNOS/c1-19(11-5-3-2-4-6-11)16(20)15-14(17)12-8-7-10(18)9-13(12)21-15/h7-9,11H,2-6H2,1H3. The molecule has 3 rings (SSSR count). The highest BCUT2D eigenvalue weighted by atomic mass is 35.5. The molecule has 112 valence electrons. The van der Waals surface area contributed by atoms with Crippen LogP contribution in [-0.4, -0.2) is 23.9 Å². The van der Waals surface area contributed by atoms with Gasteiger partial charge in [-0.3, -0.25) is 4.79 Å². The van der Waals surface area contributed by atoms with Gasteiger partial charge in [0, 0.05) is 23.2 Å². The van der Waals surface area contributed by atoms with Gasteiger partial charge in [0.05, 0.1) is 5.02 Å². The van der Waals surface area contributed by atoms with Crippen LogP contribution >= 0.6 is 22.9 Å². The van der Waals surface area contributed by atoms with E-state index >= 15 is 0 Å². The van der Waals surface area contributed by atoms with Gasteiger partial charge in [-0.15, -0.1) is 11.3 Å². The summed E-state index contributed by atoms with van der Waals surface area (Å²) in [5.41, 5.74) is 0. The highest BCUT2D eigenvalue weighted by Crippen LogP contribution is 2.37. The summed E-state index contributed by atoms with van der Waals surface area (Å²) in [6.07, 6.45) is 5.71. The molecule has 0 radical (unpaired) electrons. The third kappa shape index (κ3) is 2.79. The first-order valence-corrected chi connectivity index (χ1v) is 8.42. The van der Waals surface area contributed by atoms with Crippen molar-refractivity contribution < 1.29 is 9.18 Å². The van der Waals surface area contributed by atoms with Crippen LogP contribution in [0.4, 0.5) is 4.39 Å². The van der Waals surface area contributed by atoms with Gasteiger partial charge in [-0.05, 0) is 31.0 Å². The van der Waals surface area contributed by atoms with E-state index in [9.17, 15) is 9.18 Å². The van der Waals surface area contributed by atoms with Crippen molar-refractivity contribution in [3.8, 4) is 0 Å². The molecule has 0 bridgehead atoms. The van der Waals surface area contributed by atoms with Gasteiger partial charge in [-0.2, -0.15) is 0 Å². The zero-order valence-corrected chi connectivity index (χ0v) is 13.4. The zero-order valence-electron chi connectivity index (χ0n) is 11.9. The van der Waals surface area contributed by atoms with E-state index in [0.717, 1.165) is 22.9 Å². The Kier molecular flexibility index (Phi) is 4.18. The van der Waals surface area contributed by atoms with Crippen LogP contribution in [-0.2, 0) is 0 Å². The van der Waals surface area contributed by atoms with Gasteiger partial charge in [-0.25, -0.2) is 4.39 Å². The summed E-state index contributed by atoms with van der Waals surface area (Å²) in [4.78, 5) is 15.0. The van der Waals surface area contributed by atoms with Crippen molar-refractivity contribution in [3.05, 3.63) is 33.9 Å². The van der Waals surface area contributed by atoms with Crippen molar-refractivity contribution in [1.29, 1.82) is 0 Å². The molecule has 1 aliphatic carbocycles. The summed E-state index contributed by atoms with van der Waals surface area (Å²) >= 11 is 7.60. The third-order valence-corrected chi connectivity index (χ3v) is 5.87. The number of fused-ring (bicyclic) bond motifs is 1. The lowest BCUT2D eigenvalue weighted by molar-refractivity contribution is 0.0701. The number of carbonyl (C=O) groups excluding carboxylic acids is 1. The minimum Gasteiger partial charge on any atom is -0.338 e. The lowest BCUT2D eigenvalue weighted by atomic mass is 9.94. The molecule has 0 atom stereocenters. The summed E-state index contributed by atoms with van der Waals surface area (Å²) in [6.45, 7) is 0. The predicted molar refractivity (Wildman–Crippen MR) is 85.8 cm³/mol. The molecule has 1 amide bonds. The molecule has 2 aromatic rings. The van der Waals surface area contributed by atoms with Gasteiger partial charge in [0.15, 0.2) is 0 Å². The van der Waals surface area contributed by atoms with E-state index in [2.05, 4.69) is 0 Å². The van der Waals surface area contributed by atoms with Crippen LogP contribution in [0, 0.1) is 5.82 Å². The quantitative estimate of drug-likeness (QED) is 0.752. The highest BCUT2D eigenvalue weighted by Gasteiger charge is 2.26. The SMILES string of the molecule is CN(C(=O)c1sc2cc(F)ccc2c1Cl)C1CCCCC1. The van der Waals surface area contributed by atoms with E-state index in [0.29, 0.717) is 15.9 Å². The zero-order chi connectivity index (χ0) is 15.0. The average molecular weight is 326 g/mol. The first kappa shape index (κ1) is 14.8. The van der Waals surface area contributed by atoms with Crippen LogP contribution in [0.25, 0.3) is 10.1 Å². The van der Waals surface area contributed by atoms with E-state index in [-0.39, 0.29) is 11.7 Å². The number of nitrogens with zero attached hydrogens (tertiary/aromatic N) is 1. The maximum atomic E-state index is 13.3. The maximum absolute atomic E-state index is 13.3. The molecule has 21 heavy (non-hydrogen) atoms. The molecule has 0 spiro atoms. The second-order valence-corrected chi connectivity index (χ2v) is 7.02. The van der Waals surface area contributed by atoms with E-state index in [1.807, 2.05) is 11.9 Å². The molecule has 1 saturated carbocycles. The van der Waals surface area contributed by atoms with Gasteiger partial charge in [0.25, 0.3) is 5.91 Å². The number of halogens is 2. The summed E-state index contributed by atoms with van der Waals surface area (Å²) in [5.74, 6) is -0.353. The Morgan fingerprint density at radius 2 is 2.05 bits per heavy atom. The number of hydrogen-bond donors (Lipinski definition) is 0. The fraction of sp³-hybridized carbons (Fsp3) is 0.438. The average Bonchev–Trinajstić information content (AvgIpc) is 2.83. The molecular weight excluding hydrogens is 309 g/mol. The molecule has 1 aliphatic rings. The molecule has 5 heteroatoms. The Morgan fingerprint density at radius 1 is 1.33 bits per heavy atom. The molecule has 0 aliphatic heterocycles. The van der Waals surface area contributed by atoms with Gasteiger partial charge >= 0.3 is 0 Å². The Balaban J connectivity index is 1.91. The maximum Gasteiger partial charge on any atom is 0.265 e. The Labute approximate surface area is 132 Å². The molecule has 1 aromatic carbocycles. The summed E-state index contributed by atoms with van der Waals surface area (Å²) in [7, 11) is 1.85. The normalized spacial score (nSPS) is 16.3. The Morgan fingerprint density at radius 3 is 2.76 bits per heavy atom. The predicted octanol–water partition coefficient (Wildman–Crippen LogP) is 5.10.